The van der Waals surface area contributed by atoms with E-state index in [0.29, 0.717) is 18.4 Å². The fourth-order valence-electron chi connectivity index (χ4n) is 4.58. The van der Waals surface area contributed by atoms with E-state index in [1.54, 1.807) is 13.0 Å². The number of Topliss-reactive ketones (excluding diaryl/α,β-unsaturated/α-hetero) is 1. The molecule has 2 bridgehead atoms. The minimum atomic E-state index is -0.458. The van der Waals surface area contributed by atoms with Crippen molar-refractivity contribution < 1.29 is 9.59 Å². The zero-order valence-electron chi connectivity index (χ0n) is 16.3. The first-order valence-electron chi connectivity index (χ1n) is 10.3. The highest BCUT2D eigenvalue weighted by atomic mass is 16.1. The number of hydrogen-bond acceptors (Lipinski definition) is 3. The van der Waals surface area contributed by atoms with Crippen LogP contribution in [0.25, 0.3) is 0 Å². The largest absolute Gasteiger partial charge is 0.350 e. The molecule has 4 heteroatoms. The Kier molecular flexibility index (Phi) is 6.84. The third-order valence-electron chi connectivity index (χ3n) is 6.20. The molecule has 0 aliphatic heterocycles. The predicted octanol–water partition coefficient (Wildman–Crippen LogP) is 3.40. The zero-order valence-corrected chi connectivity index (χ0v) is 16.3. The number of aryl methyl sites for hydroxylation is 1. The number of benzene rings is 1. The van der Waals surface area contributed by atoms with E-state index in [9.17, 15) is 9.59 Å². The maximum Gasteiger partial charge on any atom is 0.243 e. The molecule has 0 radical (unpaired) electrons. The Labute approximate surface area is 162 Å². The molecule has 1 amide bonds. The Morgan fingerprint density at radius 1 is 1.22 bits per heavy atom. The van der Waals surface area contributed by atoms with Gasteiger partial charge in [0.25, 0.3) is 0 Å². The zero-order chi connectivity index (χ0) is 19.2. The van der Waals surface area contributed by atoms with E-state index in [1.807, 2.05) is 24.3 Å². The first-order valence-corrected chi connectivity index (χ1v) is 10.3. The fraction of sp³-hybridized carbons (Fsp3) is 0.565. The monoisotopic (exact) mass is 368 g/mol. The number of nitrogens with one attached hydrogen (secondary N) is 1. The van der Waals surface area contributed by atoms with Crippen LogP contribution in [0.2, 0.25) is 0 Å². The summed E-state index contributed by atoms with van der Waals surface area (Å²) in [7, 11) is 0. The van der Waals surface area contributed by atoms with Crippen molar-refractivity contribution in [2.24, 2.45) is 23.5 Å². The van der Waals surface area contributed by atoms with Crippen LogP contribution in [-0.4, -0.2) is 23.8 Å². The number of hydrogen-bond donors (Lipinski definition) is 2. The second-order valence-electron chi connectivity index (χ2n) is 8.39. The van der Waals surface area contributed by atoms with Crippen molar-refractivity contribution in [1.82, 2.24) is 5.32 Å². The highest BCUT2D eigenvalue weighted by Gasteiger charge is 2.39. The van der Waals surface area contributed by atoms with E-state index in [1.165, 1.54) is 24.8 Å². The summed E-state index contributed by atoms with van der Waals surface area (Å²) in [4.78, 5) is 24.5. The molecule has 5 atom stereocenters. The quantitative estimate of drug-likeness (QED) is 0.656. The van der Waals surface area contributed by atoms with Crippen LogP contribution in [0, 0.1) is 17.8 Å². The summed E-state index contributed by atoms with van der Waals surface area (Å²) in [5.41, 5.74) is 6.98. The third-order valence-corrected chi connectivity index (χ3v) is 6.20. The van der Waals surface area contributed by atoms with Crippen molar-refractivity contribution in [3.05, 3.63) is 48.0 Å². The minimum absolute atomic E-state index is 0.0227. The molecule has 0 heterocycles. The maximum atomic E-state index is 12.4. The Bertz CT molecular complexity index is 668. The average Bonchev–Trinajstić information content (AvgIpc) is 3.27. The highest BCUT2D eigenvalue weighted by molar-refractivity contribution is 5.88. The van der Waals surface area contributed by atoms with Crippen molar-refractivity contribution in [2.75, 3.05) is 0 Å². The summed E-state index contributed by atoms with van der Waals surface area (Å²) in [5, 5.41) is 3.18. The standard InChI is InChI=1S/C23H32N2O2/c1-16(24)22(26)15-18(8-7-17-5-3-2-4-6-17)10-12-23(27)25-21-14-19-9-11-20(21)13-19/h2-6,10,12,16,18-21H,7-9,11,13-15,24H2,1H3,(H,25,27)/b12-10+/t16-,18-,19+,20-,21?/m0/s1. The van der Waals surface area contributed by atoms with Crippen LogP contribution in [0.5, 0.6) is 0 Å². The normalized spacial score (nSPS) is 26.2. The molecule has 3 rings (SSSR count). The van der Waals surface area contributed by atoms with Gasteiger partial charge in [-0.1, -0.05) is 42.8 Å². The molecule has 0 aromatic heterocycles. The van der Waals surface area contributed by atoms with Gasteiger partial charge in [0, 0.05) is 12.5 Å². The van der Waals surface area contributed by atoms with Crippen molar-refractivity contribution in [2.45, 2.75) is 64.0 Å². The lowest BCUT2D eigenvalue weighted by atomic mass is 9.92. The average molecular weight is 369 g/mol. The second kappa shape index (κ2) is 9.32. The van der Waals surface area contributed by atoms with Gasteiger partial charge >= 0.3 is 0 Å². The van der Waals surface area contributed by atoms with E-state index in [0.717, 1.165) is 25.2 Å². The van der Waals surface area contributed by atoms with E-state index in [4.69, 9.17) is 5.73 Å². The van der Waals surface area contributed by atoms with Crippen molar-refractivity contribution in [1.29, 1.82) is 0 Å². The van der Waals surface area contributed by atoms with Gasteiger partial charge in [-0.2, -0.15) is 0 Å². The Hall–Kier alpha value is -1.94. The van der Waals surface area contributed by atoms with E-state index >= 15 is 0 Å². The SMILES string of the molecule is C[C@H](N)C(=O)C[C@H](/C=C/C(=O)NC1C[C@@H]2CC[C@H]1C2)CCc1ccccc1. The molecule has 0 spiro atoms. The summed E-state index contributed by atoms with van der Waals surface area (Å²) >= 11 is 0. The Balaban J connectivity index is 1.54. The number of amides is 1. The molecular formula is C23H32N2O2. The molecule has 2 fully saturated rings. The van der Waals surface area contributed by atoms with Gasteiger partial charge < -0.3 is 11.1 Å². The number of ketones is 1. The number of allylic oxidation sites excluding steroid dienone is 1. The van der Waals surface area contributed by atoms with Crippen LogP contribution in [0.15, 0.2) is 42.5 Å². The molecule has 146 valence electrons. The summed E-state index contributed by atoms with van der Waals surface area (Å²) in [6, 6.07) is 10.1. The highest BCUT2D eigenvalue weighted by Crippen LogP contribution is 2.44. The van der Waals surface area contributed by atoms with Gasteiger partial charge in [0.05, 0.1) is 6.04 Å². The first kappa shape index (κ1) is 19.8. The van der Waals surface area contributed by atoms with E-state index in [-0.39, 0.29) is 17.6 Å². The van der Waals surface area contributed by atoms with Gasteiger partial charge in [-0.3, -0.25) is 9.59 Å². The van der Waals surface area contributed by atoms with Crippen LogP contribution < -0.4 is 11.1 Å². The molecule has 4 nitrogen and oxygen atoms in total. The second-order valence-corrected chi connectivity index (χ2v) is 8.39. The predicted molar refractivity (Wildman–Crippen MR) is 108 cm³/mol. The van der Waals surface area contributed by atoms with Gasteiger partial charge in [-0.15, -0.1) is 0 Å². The van der Waals surface area contributed by atoms with Crippen LogP contribution >= 0.6 is 0 Å². The van der Waals surface area contributed by atoms with Crippen molar-refractivity contribution in [3.8, 4) is 0 Å². The number of rotatable bonds is 9. The van der Waals surface area contributed by atoms with Gasteiger partial charge in [-0.05, 0) is 68.4 Å². The first-order chi connectivity index (χ1) is 13.0. The van der Waals surface area contributed by atoms with E-state index in [2.05, 4.69) is 17.4 Å². The molecule has 0 saturated heterocycles. The molecule has 27 heavy (non-hydrogen) atoms. The van der Waals surface area contributed by atoms with Crippen LogP contribution in [-0.2, 0) is 16.0 Å². The van der Waals surface area contributed by atoms with E-state index < -0.39 is 6.04 Å². The van der Waals surface area contributed by atoms with Crippen LogP contribution in [0.3, 0.4) is 0 Å². The number of fused-ring (bicyclic) bond motifs is 2. The smallest absolute Gasteiger partial charge is 0.243 e. The van der Waals surface area contributed by atoms with Crippen molar-refractivity contribution >= 4 is 11.7 Å². The third kappa shape index (κ3) is 5.77. The Morgan fingerprint density at radius 2 is 2.00 bits per heavy atom. The lowest BCUT2D eigenvalue weighted by Crippen LogP contribution is -2.37. The number of nitrogens with two attached hydrogens (primary N) is 1. The molecule has 1 aromatic rings. The molecule has 2 aliphatic carbocycles. The van der Waals surface area contributed by atoms with Crippen LogP contribution in [0.1, 0.15) is 51.0 Å². The lowest BCUT2D eigenvalue weighted by molar-refractivity contribution is -0.121. The summed E-state index contributed by atoms with van der Waals surface area (Å²) in [6.45, 7) is 1.72. The lowest BCUT2D eigenvalue weighted by Gasteiger charge is -2.22. The molecular weight excluding hydrogens is 336 g/mol. The number of carbonyl (C=O) groups is 2. The molecule has 2 saturated carbocycles. The van der Waals surface area contributed by atoms with Gasteiger partial charge in [0.1, 0.15) is 5.78 Å². The topological polar surface area (TPSA) is 72.2 Å². The molecule has 2 aliphatic rings. The van der Waals surface area contributed by atoms with Gasteiger partial charge in [0.15, 0.2) is 0 Å². The van der Waals surface area contributed by atoms with Gasteiger partial charge in [-0.25, -0.2) is 0 Å². The fourth-order valence-corrected chi connectivity index (χ4v) is 4.58. The molecule has 1 unspecified atom stereocenters. The maximum absolute atomic E-state index is 12.4. The molecule has 3 N–H and O–H groups in total. The van der Waals surface area contributed by atoms with Gasteiger partial charge in [0.2, 0.25) is 5.91 Å². The Morgan fingerprint density at radius 3 is 2.63 bits per heavy atom. The molecule has 1 aromatic carbocycles. The van der Waals surface area contributed by atoms with Crippen LogP contribution in [0.4, 0.5) is 0 Å². The summed E-state index contributed by atoms with van der Waals surface area (Å²) in [5.74, 6) is 1.54. The van der Waals surface area contributed by atoms with Crippen molar-refractivity contribution in [3.63, 3.8) is 0 Å². The summed E-state index contributed by atoms with van der Waals surface area (Å²) < 4.78 is 0. The number of carbonyl (C=O) groups excluding carboxylic acids is 2. The summed E-state index contributed by atoms with van der Waals surface area (Å²) in [6.07, 6.45) is 10.6. The minimum Gasteiger partial charge on any atom is -0.350 e.